The van der Waals surface area contributed by atoms with E-state index in [4.69, 9.17) is 14.6 Å². The predicted octanol–water partition coefficient (Wildman–Crippen LogP) is 3.25. The zero-order valence-corrected chi connectivity index (χ0v) is 14.6. The van der Waals surface area contributed by atoms with E-state index in [-0.39, 0.29) is 24.8 Å². The second kappa shape index (κ2) is 9.36. The summed E-state index contributed by atoms with van der Waals surface area (Å²) in [5.74, 6) is 0.531. The molecule has 5 nitrogen and oxygen atoms in total. The van der Waals surface area contributed by atoms with Crippen molar-refractivity contribution in [1.82, 2.24) is 5.32 Å². The molecule has 0 aromatic heterocycles. The minimum absolute atomic E-state index is 0.0832. The van der Waals surface area contributed by atoms with Crippen LogP contribution in [0.2, 0.25) is 0 Å². The number of hydrogen-bond acceptors (Lipinski definition) is 4. The van der Waals surface area contributed by atoms with Crippen molar-refractivity contribution in [1.29, 1.82) is 0 Å². The minimum Gasteiger partial charge on any atom is -0.444 e. The molecule has 130 valence electrons. The van der Waals surface area contributed by atoms with Gasteiger partial charge in [0.2, 0.25) is 0 Å². The van der Waals surface area contributed by atoms with E-state index in [1.807, 2.05) is 27.7 Å². The lowest BCUT2D eigenvalue weighted by Gasteiger charge is -2.32. The third-order valence-electron chi connectivity index (χ3n) is 4.00. The fraction of sp³-hybridized carbons (Fsp3) is 0.941. The van der Waals surface area contributed by atoms with Crippen LogP contribution in [-0.2, 0) is 9.47 Å². The maximum atomic E-state index is 11.7. The number of aliphatic hydroxyl groups is 1. The van der Waals surface area contributed by atoms with E-state index in [0.717, 1.165) is 19.3 Å². The average molecular weight is 315 g/mol. The quantitative estimate of drug-likeness (QED) is 0.757. The van der Waals surface area contributed by atoms with Crippen LogP contribution in [0.3, 0.4) is 0 Å². The van der Waals surface area contributed by atoms with Gasteiger partial charge < -0.3 is 19.9 Å². The molecule has 0 saturated heterocycles. The highest BCUT2D eigenvalue weighted by Crippen LogP contribution is 2.30. The fourth-order valence-corrected chi connectivity index (χ4v) is 2.97. The molecule has 1 rings (SSSR count). The van der Waals surface area contributed by atoms with E-state index < -0.39 is 5.60 Å². The molecule has 1 saturated carbocycles. The number of alkyl carbamates (subject to hydrolysis) is 1. The standard InChI is InChI=1S/C17H33NO4/c1-13(18-16(20)22-17(2,3)4)9-10-14-7-5-6-8-15(14)21-12-11-19/h13-15,19H,5-12H2,1-4H3,(H,18,20)/t13-,14-,15-/m0/s1. The lowest BCUT2D eigenvalue weighted by Crippen LogP contribution is -2.38. The van der Waals surface area contributed by atoms with Crippen molar-refractivity contribution in [3.8, 4) is 0 Å². The minimum atomic E-state index is -0.462. The van der Waals surface area contributed by atoms with Crippen molar-refractivity contribution in [2.45, 2.75) is 84.0 Å². The molecule has 0 aromatic carbocycles. The predicted molar refractivity (Wildman–Crippen MR) is 86.8 cm³/mol. The van der Waals surface area contributed by atoms with Gasteiger partial charge in [-0.25, -0.2) is 4.79 Å². The molecule has 0 unspecified atom stereocenters. The highest BCUT2D eigenvalue weighted by atomic mass is 16.6. The summed E-state index contributed by atoms with van der Waals surface area (Å²) < 4.78 is 11.0. The van der Waals surface area contributed by atoms with Crippen LogP contribution >= 0.6 is 0 Å². The van der Waals surface area contributed by atoms with Crippen LogP contribution in [0.25, 0.3) is 0 Å². The van der Waals surface area contributed by atoms with Gasteiger partial charge in [-0.3, -0.25) is 0 Å². The lowest BCUT2D eigenvalue weighted by atomic mass is 9.82. The molecule has 2 N–H and O–H groups in total. The van der Waals surface area contributed by atoms with Crippen LogP contribution in [0.1, 0.15) is 66.2 Å². The van der Waals surface area contributed by atoms with E-state index in [1.165, 1.54) is 19.3 Å². The second-order valence-corrected chi connectivity index (χ2v) is 7.30. The molecule has 0 spiro atoms. The molecule has 1 aliphatic carbocycles. The van der Waals surface area contributed by atoms with Gasteiger partial charge in [-0.05, 0) is 59.3 Å². The summed E-state index contributed by atoms with van der Waals surface area (Å²) in [7, 11) is 0. The zero-order chi connectivity index (χ0) is 16.6. The Morgan fingerprint density at radius 2 is 2.00 bits per heavy atom. The topological polar surface area (TPSA) is 67.8 Å². The molecular formula is C17H33NO4. The zero-order valence-electron chi connectivity index (χ0n) is 14.6. The van der Waals surface area contributed by atoms with Crippen LogP contribution in [-0.4, -0.2) is 42.2 Å². The highest BCUT2D eigenvalue weighted by molar-refractivity contribution is 5.67. The van der Waals surface area contributed by atoms with Gasteiger partial charge in [0.15, 0.2) is 0 Å². The van der Waals surface area contributed by atoms with Crippen LogP contribution in [0.4, 0.5) is 4.79 Å². The normalized spacial score (nSPS) is 23.9. The third kappa shape index (κ3) is 7.99. The number of aliphatic hydroxyl groups excluding tert-OH is 1. The van der Waals surface area contributed by atoms with E-state index in [0.29, 0.717) is 12.5 Å². The van der Waals surface area contributed by atoms with Crippen molar-refractivity contribution in [3.63, 3.8) is 0 Å². The highest BCUT2D eigenvalue weighted by Gasteiger charge is 2.26. The molecule has 3 atom stereocenters. The molecule has 5 heteroatoms. The number of rotatable bonds is 7. The van der Waals surface area contributed by atoms with Gasteiger partial charge in [-0.1, -0.05) is 12.8 Å². The average Bonchev–Trinajstić information content (AvgIpc) is 2.41. The van der Waals surface area contributed by atoms with Gasteiger partial charge in [0.25, 0.3) is 0 Å². The summed E-state index contributed by atoms with van der Waals surface area (Å²) in [6.07, 6.45) is 6.57. The summed E-state index contributed by atoms with van der Waals surface area (Å²) in [5, 5.41) is 11.8. The van der Waals surface area contributed by atoms with Crippen molar-refractivity contribution in [2.24, 2.45) is 5.92 Å². The molecular weight excluding hydrogens is 282 g/mol. The number of hydrogen-bond donors (Lipinski definition) is 2. The Morgan fingerprint density at radius 3 is 2.64 bits per heavy atom. The first kappa shape index (κ1) is 19.2. The third-order valence-corrected chi connectivity index (χ3v) is 4.00. The number of nitrogens with one attached hydrogen (secondary N) is 1. The van der Waals surface area contributed by atoms with Gasteiger partial charge in [0.1, 0.15) is 5.60 Å². The summed E-state index contributed by atoms with van der Waals surface area (Å²) in [6, 6.07) is 0.0928. The Bertz CT molecular complexity index is 327. The van der Waals surface area contributed by atoms with Crippen LogP contribution in [0.15, 0.2) is 0 Å². The van der Waals surface area contributed by atoms with Crippen molar-refractivity contribution < 1.29 is 19.4 Å². The first-order valence-electron chi connectivity index (χ1n) is 8.54. The first-order chi connectivity index (χ1) is 10.3. The Hall–Kier alpha value is -0.810. The molecule has 0 radical (unpaired) electrons. The molecule has 22 heavy (non-hydrogen) atoms. The van der Waals surface area contributed by atoms with Crippen molar-refractivity contribution >= 4 is 6.09 Å². The first-order valence-corrected chi connectivity index (χ1v) is 8.54. The Balaban J connectivity index is 2.31. The molecule has 1 fully saturated rings. The lowest BCUT2D eigenvalue weighted by molar-refractivity contribution is -0.0281. The molecule has 1 aliphatic rings. The smallest absolute Gasteiger partial charge is 0.407 e. The monoisotopic (exact) mass is 315 g/mol. The summed E-state index contributed by atoms with van der Waals surface area (Å²) >= 11 is 0. The van der Waals surface area contributed by atoms with Crippen LogP contribution in [0, 0.1) is 5.92 Å². The maximum absolute atomic E-state index is 11.7. The molecule has 0 aromatic rings. The number of carbonyl (C=O) groups is 1. The molecule has 0 heterocycles. The maximum Gasteiger partial charge on any atom is 0.407 e. The van der Waals surface area contributed by atoms with Gasteiger partial charge in [0.05, 0.1) is 19.3 Å². The van der Waals surface area contributed by atoms with Crippen LogP contribution in [0.5, 0.6) is 0 Å². The molecule has 1 amide bonds. The van der Waals surface area contributed by atoms with E-state index >= 15 is 0 Å². The van der Waals surface area contributed by atoms with Gasteiger partial charge in [0, 0.05) is 6.04 Å². The van der Waals surface area contributed by atoms with Crippen LogP contribution < -0.4 is 5.32 Å². The summed E-state index contributed by atoms with van der Waals surface area (Å²) in [6.45, 7) is 8.11. The summed E-state index contributed by atoms with van der Waals surface area (Å²) in [4.78, 5) is 11.7. The van der Waals surface area contributed by atoms with E-state index in [9.17, 15) is 4.79 Å². The number of amides is 1. The molecule has 0 aliphatic heterocycles. The van der Waals surface area contributed by atoms with Crippen molar-refractivity contribution in [2.75, 3.05) is 13.2 Å². The van der Waals surface area contributed by atoms with Crippen molar-refractivity contribution in [3.05, 3.63) is 0 Å². The fourth-order valence-electron chi connectivity index (χ4n) is 2.97. The SMILES string of the molecule is C[C@@H](CC[C@@H]1CCCC[C@@H]1OCCO)NC(=O)OC(C)(C)C. The number of ether oxygens (including phenoxy) is 2. The van der Waals surface area contributed by atoms with Gasteiger partial charge in [-0.2, -0.15) is 0 Å². The van der Waals surface area contributed by atoms with E-state index in [2.05, 4.69) is 5.32 Å². The Morgan fingerprint density at radius 1 is 1.32 bits per heavy atom. The van der Waals surface area contributed by atoms with E-state index in [1.54, 1.807) is 0 Å². The number of carbonyl (C=O) groups excluding carboxylic acids is 1. The second-order valence-electron chi connectivity index (χ2n) is 7.30. The van der Waals surface area contributed by atoms with Gasteiger partial charge in [-0.15, -0.1) is 0 Å². The Labute approximate surface area is 134 Å². The Kier molecular flexibility index (Phi) is 8.18. The summed E-state index contributed by atoms with van der Waals surface area (Å²) in [5.41, 5.74) is -0.462. The molecule has 0 bridgehead atoms. The largest absolute Gasteiger partial charge is 0.444 e. The van der Waals surface area contributed by atoms with Gasteiger partial charge >= 0.3 is 6.09 Å².